The molecule has 1 rings (SSSR count). The molecular weight excluding hydrogens is 229 g/mol. The highest BCUT2D eigenvalue weighted by atomic mass is 32.2. The lowest BCUT2D eigenvalue weighted by molar-refractivity contribution is -0.387. The van der Waals surface area contributed by atoms with Gasteiger partial charge in [-0.1, -0.05) is 26.0 Å². The summed E-state index contributed by atoms with van der Waals surface area (Å²) in [5.74, 6) is -0.231. The number of rotatable bonds is 5. The van der Waals surface area contributed by atoms with E-state index in [1.807, 2.05) is 0 Å². The van der Waals surface area contributed by atoms with E-state index in [2.05, 4.69) is 13.8 Å². The largest absolute Gasteiger partial charge is 0.305 e. The number of nitro groups is 1. The van der Waals surface area contributed by atoms with Crippen LogP contribution in [0, 0.1) is 15.9 Å². The Hall–Kier alpha value is -1.10. The predicted octanol–water partition coefficient (Wildman–Crippen LogP) is 3.77. The highest BCUT2D eigenvalue weighted by Crippen LogP contribution is 2.26. The van der Waals surface area contributed by atoms with Crippen LogP contribution in [0.5, 0.6) is 0 Å². The van der Waals surface area contributed by atoms with Gasteiger partial charge in [-0.05, 0) is 6.42 Å². The molecule has 1 aromatic rings. The van der Waals surface area contributed by atoms with Gasteiger partial charge in [-0.15, -0.1) is 0 Å². The van der Waals surface area contributed by atoms with Crippen molar-refractivity contribution < 1.29 is 9.31 Å². The summed E-state index contributed by atoms with van der Waals surface area (Å²) in [5.41, 5.74) is -0.0400. The van der Waals surface area contributed by atoms with Gasteiger partial charge in [0.1, 0.15) is 0 Å². The standard InChI is InChI=1S/C11H14FNO2S/c1-3-8(2)16-7-9-5-4-6-10(11(9)12)13(14)15/h4-6,8H,3,7H2,1-2H3. The van der Waals surface area contributed by atoms with E-state index in [0.29, 0.717) is 16.6 Å². The van der Waals surface area contributed by atoms with Crippen LogP contribution < -0.4 is 0 Å². The van der Waals surface area contributed by atoms with Gasteiger partial charge >= 0.3 is 5.69 Å². The number of nitrogens with zero attached hydrogens (tertiary/aromatic N) is 1. The van der Waals surface area contributed by atoms with Gasteiger partial charge < -0.3 is 0 Å². The van der Waals surface area contributed by atoms with Crippen LogP contribution in [0.3, 0.4) is 0 Å². The summed E-state index contributed by atoms with van der Waals surface area (Å²) in [6, 6.07) is 4.30. The molecular formula is C11H14FNO2S. The highest BCUT2D eigenvalue weighted by molar-refractivity contribution is 7.99. The summed E-state index contributed by atoms with van der Waals surface area (Å²) in [4.78, 5) is 9.84. The molecule has 16 heavy (non-hydrogen) atoms. The third-order valence-corrected chi connectivity index (χ3v) is 3.73. The molecule has 0 aromatic heterocycles. The molecule has 88 valence electrons. The first-order valence-electron chi connectivity index (χ1n) is 5.09. The van der Waals surface area contributed by atoms with Gasteiger partial charge in [0, 0.05) is 22.6 Å². The molecule has 0 aliphatic carbocycles. The molecule has 0 aliphatic rings. The predicted molar refractivity (Wildman–Crippen MR) is 64.1 cm³/mol. The number of hydrogen-bond donors (Lipinski definition) is 0. The number of halogens is 1. The Balaban J connectivity index is 2.81. The molecule has 5 heteroatoms. The maximum atomic E-state index is 13.6. The molecule has 0 bridgehead atoms. The normalized spacial score (nSPS) is 12.4. The lowest BCUT2D eigenvalue weighted by Gasteiger charge is -2.08. The summed E-state index contributed by atoms with van der Waals surface area (Å²) in [6.07, 6.45) is 1.00. The first kappa shape index (κ1) is 13.0. The van der Waals surface area contributed by atoms with Gasteiger partial charge in [-0.25, -0.2) is 0 Å². The Morgan fingerprint density at radius 2 is 2.25 bits per heavy atom. The monoisotopic (exact) mass is 243 g/mol. The molecule has 0 saturated heterocycles. The van der Waals surface area contributed by atoms with Gasteiger partial charge in [0.2, 0.25) is 5.82 Å². The van der Waals surface area contributed by atoms with Crippen molar-refractivity contribution in [1.82, 2.24) is 0 Å². The van der Waals surface area contributed by atoms with Gasteiger partial charge in [0.05, 0.1) is 4.92 Å². The van der Waals surface area contributed by atoms with Crippen LogP contribution in [-0.2, 0) is 5.75 Å². The average Bonchev–Trinajstić information content (AvgIpc) is 2.26. The molecule has 0 amide bonds. The molecule has 0 radical (unpaired) electrons. The first-order chi connectivity index (χ1) is 7.56. The summed E-state index contributed by atoms with van der Waals surface area (Å²) in [7, 11) is 0. The van der Waals surface area contributed by atoms with Crippen LogP contribution in [0.15, 0.2) is 18.2 Å². The molecule has 1 atom stereocenters. The highest BCUT2D eigenvalue weighted by Gasteiger charge is 2.17. The molecule has 0 saturated carbocycles. The van der Waals surface area contributed by atoms with Gasteiger partial charge in [-0.3, -0.25) is 10.1 Å². The second kappa shape index (κ2) is 5.84. The van der Waals surface area contributed by atoms with E-state index in [4.69, 9.17) is 0 Å². The van der Waals surface area contributed by atoms with Crippen molar-refractivity contribution in [3.63, 3.8) is 0 Å². The summed E-state index contributed by atoms with van der Waals surface area (Å²) in [5, 5.41) is 11.0. The maximum Gasteiger partial charge on any atom is 0.305 e. The van der Waals surface area contributed by atoms with E-state index >= 15 is 0 Å². The topological polar surface area (TPSA) is 43.1 Å². The van der Waals surface area contributed by atoms with Crippen molar-refractivity contribution in [1.29, 1.82) is 0 Å². The van der Waals surface area contributed by atoms with E-state index in [0.717, 1.165) is 6.42 Å². The van der Waals surface area contributed by atoms with E-state index in [1.165, 1.54) is 12.1 Å². The summed E-state index contributed by atoms with van der Waals surface area (Å²) >= 11 is 1.60. The molecule has 1 aromatic carbocycles. The van der Waals surface area contributed by atoms with Crippen LogP contribution in [0.2, 0.25) is 0 Å². The van der Waals surface area contributed by atoms with Crippen LogP contribution >= 0.6 is 11.8 Å². The zero-order valence-electron chi connectivity index (χ0n) is 9.27. The van der Waals surface area contributed by atoms with Crippen LogP contribution in [-0.4, -0.2) is 10.2 Å². The molecule has 0 heterocycles. The minimum Gasteiger partial charge on any atom is -0.258 e. The smallest absolute Gasteiger partial charge is 0.258 e. The van der Waals surface area contributed by atoms with Crippen molar-refractivity contribution in [2.24, 2.45) is 0 Å². The third kappa shape index (κ3) is 3.20. The quantitative estimate of drug-likeness (QED) is 0.584. The Labute approximate surface area is 98.2 Å². The summed E-state index contributed by atoms with van der Waals surface area (Å²) in [6.45, 7) is 4.11. The molecule has 0 fully saturated rings. The fraction of sp³-hybridized carbons (Fsp3) is 0.455. The maximum absolute atomic E-state index is 13.6. The summed E-state index contributed by atoms with van der Waals surface area (Å²) < 4.78 is 13.6. The Bertz CT molecular complexity index is 384. The van der Waals surface area contributed by atoms with Crippen LogP contribution in [0.1, 0.15) is 25.8 Å². The second-order valence-corrected chi connectivity index (χ2v) is 4.96. The van der Waals surface area contributed by atoms with E-state index < -0.39 is 16.4 Å². The zero-order valence-corrected chi connectivity index (χ0v) is 10.1. The first-order valence-corrected chi connectivity index (χ1v) is 6.14. The molecule has 0 N–H and O–H groups in total. The Morgan fingerprint density at radius 3 is 2.81 bits per heavy atom. The van der Waals surface area contributed by atoms with Crippen molar-refractivity contribution in [3.05, 3.63) is 39.7 Å². The minimum atomic E-state index is -0.705. The Kier molecular flexibility index (Phi) is 4.73. The lowest BCUT2D eigenvalue weighted by Crippen LogP contribution is -1.99. The van der Waals surface area contributed by atoms with E-state index in [9.17, 15) is 14.5 Å². The molecule has 3 nitrogen and oxygen atoms in total. The minimum absolute atomic E-state index is 0.402. The van der Waals surface area contributed by atoms with Crippen LogP contribution in [0.4, 0.5) is 10.1 Å². The fourth-order valence-electron chi connectivity index (χ4n) is 1.17. The van der Waals surface area contributed by atoms with E-state index in [-0.39, 0.29) is 0 Å². The van der Waals surface area contributed by atoms with Gasteiger partial charge in [-0.2, -0.15) is 16.2 Å². The average molecular weight is 243 g/mol. The Morgan fingerprint density at radius 1 is 1.56 bits per heavy atom. The van der Waals surface area contributed by atoms with Gasteiger partial charge in [0.15, 0.2) is 0 Å². The molecule has 0 spiro atoms. The number of thioether (sulfide) groups is 1. The SMILES string of the molecule is CCC(C)SCc1cccc([N+](=O)[O-])c1F. The molecule has 0 aliphatic heterocycles. The van der Waals surface area contributed by atoms with Crippen molar-refractivity contribution >= 4 is 17.4 Å². The second-order valence-electron chi connectivity index (χ2n) is 3.54. The van der Waals surface area contributed by atoms with Crippen LogP contribution in [0.25, 0.3) is 0 Å². The third-order valence-electron chi connectivity index (χ3n) is 2.35. The van der Waals surface area contributed by atoms with Crippen molar-refractivity contribution in [2.75, 3.05) is 0 Å². The zero-order chi connectivity index (χ0) is 12.1. The number of hydrogen-bond acceptors (Lipinski definition) is 3. The lowest BCUT2D eigenvalue weighted by atomic mass is 10.2. The van der Waals surface area contributed by atoms with Crippen molar-refractivity contribution in [3.8, 4) is 0 Å². The van der Waals surface area contributed by atoms with Gasteiger partial charge in [0.25, 0.3) is 0 Å². The van der Waals surface area contributed by atoms with E-state index in [1.54, 1.807) is 17.8 Å². The molecule has 1 unspecified atom stereocenters. The fourth-order valence-corrected chi connectivity index (χ4v) is 2.09. The number of nitro benzene ring substituents is 1. The van der Waals surface area contributed by atoms with Crippen molar-refractivity contribution in [2.45, 2.75) is 31.3 Å². The number of benzene rings is 1.